The Labute approximate surface area is 178 Å². The van der Waals surface area contributed by atoms with E-state index in [0.29, 0.717) is 30.9 Å². The number of halogens is 1. The fraction of sp³-hybridized carbons (Fsp3) is 0.174. The molecule has 8 heteroatoms. The van der Waals surface area contributed by atoms with E-state index in [2.05, 4.69) is 20.3 Å². The predicted octanol–water partition coefficient (Wildman–Crippen LogP) is 3.44. The number of hydrogen-bond donors (Lipinski definition) is 4. The first-order chi connectivity index (χ1) is 15.1. The minimum absolute atomic E-state index is 0.306. The lowest BCUT2D eigenvalue weighted by Gasteiger charge is -2.11. The van der Waals surface area contributed by atoms with E-state index in [4.69, 9.17) is 11.5 Å². The van der Waals surface area contributed by atoms with Crippen LogP contribution in [0.15, 0.2) is 60.9 Å². The first kappa shape index (κ1) is 20.6. The largest absolute Gasteiger partial charge is 0.339 e. The maximum atomic E-state index is 13.5. The molecule has 0 spiro atoms. The number of aromatic amines is 1. The van der Waals surface area contributed by atoms with Gasteiger partial charge in [-0.3, -0.25) is 9.78 Å². The number of H-pyrrole nitrogens is 1. The smallest absolute Gasteiger partial charge is 0.242 e. The molecule has 0 aliphatic carbocycles. The van der Waals surface area contributed by atoms with Crippen LogP contribution in [-0.4, -0.2) is 33.4 Å². The molecule has 4 rings (SSSR count). The van der Waals surface area contributed by atoms with Gasteiger partial charge < -0.3 is 21.8 Å². The molecule has 158 valence electrons. The average molecular weight is 418 g/mol. The number of anilines is 1. The number of carbonyl (C=O) groups is 1. The number of nitrogens with zero attached hydrogens (tertiary/aromatic N) is 2. The van der Waals surface area contributed by atoms with Crippen molar-refractivity contribution in [1.82, 2.24) is 15.0 Å². The molecule has 0 fully saturated rings. The van der Waals surface area contributed by atoms with Crippen LogP contribution in [-0.2, 0) is 4.79 Å². The summed E-state index contributed by atoms with van der Waals surface area (Å²) in [6, 6.07) is 13.0. The minimum Gasteiger partial charge on any atom is -0.339 e. The van der Waals surface area contributed by atoms with E-state index in [1.165, 1.54) is 12.1 Å². The van der Waals surface area contributed by atoms with Crippen LogP contribution in [0.3, 0.4) is 0 Å². The average Bonchev–Trinajstić information content (AvgIpc) is 3.17. The molecule has 31 heavy (non-hydrogen) atoms. The molecule has 4 aromatic rings. The zero-order valence-corrected chi connectivity index (χ0v) is 16.8. The molecule has 0 radical (unpaired) electrons. The van der Waals surface area contributed by atoms with Gasteiger partial charge in [0.1, 0.15) is 17.3 Å². The second-order valence-corrected chi connectivity index (χ2v) is 7.24. The third-order valence-corrected chi connectivity index (χ3v) is 5.07. The Morgan fingerprint density at radius 2 is 1.81 bits per heavy atom. The third-order valence-electron chi connectivity index (χ3n) is 5.07. The van der Waals surface area contributed by atoms with Crippen LogP contribution in [0.4, 0.5) is 10.2 Å². The van der Waals surface area contributed by atoms with Gasteiger partial charge in [0.25, 0.3) is 0 Å². The van der Waals surface area contributed by atoms with Crippen LogP contribution in [0.2, 0.25) is 0 Å². The van der Waals surface area contributed by atoms with E-state index < -0.39 is 6.04 Å². The fourth-order valence-electron chi connectivity index (χ4n) is 3.48. The Morgan fingerprint density at radius 1 is 1.06 bits per heavy atom. The molecule has 0 unspecified atom stereocenters. The van der Waals surface area contributed by atoms with Gasteiger partial charge in [-0.2, -0.15) is 0 Å². The predicted molar refractivity (Wildman–Crippen MR) is 120 cm³/mol. The van der Waals surface area contributed by atoms with E-state index in [0.717, 1.165) is 27.8 Å². The Hall–Kier alpha value is -3.62. The van der Waals surface area contributed by atoms with Crippen molar-refractivity contribution in [2.75, 3.05) is 11.9 Å². The Bertz CT molecular complexity index is 1190. The van der Waals surface area contributed by atoms with Crippen LogP contribution in [0, 0.1) is 5.82 Å². The fourth-order valence-corrected chi connectivity index (χ4v) is 3.48. The number of carbonyl (C=O) groups excluding carboxylic acids is 1. The number of aromatic nitrogens is 3. The van der Waals surface area contributed by atoms with Crippen molar-refractivity contribution in [3.05, 3.63) is 66.7 Å². The van der Waals surface area contributed by atoms with Crippen LogP contribution in [0.1, 0.15) is 12.8 Å². The van der Waals surface area contributed by atoms with Crippen LogP contribution in [0.25, 0.3) is 33.4 Å². The van der Waals surface area contributed by atoms with E-state index in [9.17, 15) is 9.18 Å². The summed E-state index contributed by atoms with van der Waals surface area (Å²) in [5, 5.41) is 3.63. The zero-order chi connectivity index (χ0) is 21.8. The Balaban J connectivity index is 1.75. The van der Waals surface area contributed by atoms with Gasteiger partial charge in [-0.15, -0.1) is 0 Å². The Morgan fingerprint density at radius 3 is 2.52 bits per heavy atom. The van der Waals surface area contributed by atoms with E-state index in [-0.39, 0.29) is 11.7 Å². The molecule has 0 saturated heterocycles. The monoisotopic (exact) mass is 418 g/mol. The van der Waals surface area contributed by atoms with Gasteiger partial charge in [-0.1, -0.05) is 0 Å². The number of pyridine rings is 2. The number of benzene rings is 1. The normalized spacial score (nSPS) is 12.1. The summed E-state index contributed by atoms with van der Waals surface area (Å²) in [4.78, 5) is 24.3. The SMILES string of the molecule is NCCC[C@H](N)C(=O)Nc1ccc2c(-c3ccncc3)c(-c3ccc(F)cc3)[nH]c2n1. The molecule has 0 saturated carbocycles. The van der Waals surface area contributed by atoms with Crippen molar-refractivity contribution in [1.29, 1.82) is 0 Å². The molecule has 3 heterocycles. The highest BCUT2D eigenvalue weighted by atomic mass is 19.1. The summed E-state index contributed by atoms with van der Waals surface area (Å²) in [5.41, 5.74) is 15.5. The lowest BCUT2D eigenvalue weighted by molar-refractivity contribution is -0.117. The highest BCUT2D eigenvalue weighted by Crippen LogP contribution is 2.38. The lowest BCUT2D eigenvalue weighted by atomic mass is 10.00. The van der Waals surface area contributed by atoms with Crippen molar-refractivity contribution in [3.8, 4) is 22.4 Å². The summed E-state index contributed by atoms with van der Waals surface area (Å²) in [6.07, 6.45) is 4.61. The molecule has 6 N–H and O–H groups in total. The molecule has 1 atom stereocenters. The number of nitrogens with two attached hydrogens (primary N) is 2. The summed E-state index contributed by atoms with van der Waals surface area (Å²) < 4.78 is 13.5. The summed E-state index contributed by atoms with van der Waals surface area (Å²) in [5.74, 6) is -0.215. The standard InChI is InChI=1S/C23H23FN6O/c24-16-5-3-15(4-6-16)21-20(14-9-12-27-13-10-14)17-7-8-19(28-22(17)30-21)29-23(31)18(26)2-1-11-25/h3-10,12-13,18H,1-2,11,25-26H2,(H2,28,29,30,31)/t18-/m0/s1. The van der Waals surface area contributed by atoms with Crippen LogP contribution in [0.5, 0.6) is 0 Å². The van der Waals surface area contributed by atoms with Crippen molar-refractivity contribution in [2.45, 2.75) is 18.9 Å². The maximum absolute atomic E-state index is 13.5. The number of fused-ring (bicyclic) bond motifs is 1. The topological polar surface area (TPSA) is 123 Å². The molecule has 1 aromatic carbocycles. The molecule has 1 amide bonds. The zero-order valence-electron chi connectivity index (χ0n) is 16.8. The van der Waals surface area contributed by atoms with Crippen molar-refractivity contribution in [3.63, 3.8) is 0 Å². The number of nitrogens with one attached hydrogen (secondary N) is 2. The molecule has 0 aliphatic heterocycles. The molecule has 3 aromatic heterocycles. The van der Waals surface area contributed by atoms with Gasteiger partial charge in [0.05, 0.1) is 11.7 Å². The summed E-state index contributed by atoms with van der Waals surface area (Å²) in [6.45, 7) is 0.484. The lowest BCUT2D eigenvalue weighted by Crippen LogP contribution is -2.36. The highest BCUT2D eigenvalue weighted by molar-refractivity contribution is 6.03. The van der Waals surface area contributed by atoms with Crippen molar-refractivity contribution < 1.29 is 9.18 Å². The molecule has 7 nitrogen and oxygen atoms in total. The maximum Gasteiger partial charge on any atom is 0.242 e. The third kappa shape index (κ3) is 4.45. The molecular formula is C23H23FN6O. The van der Waals surface area contributed by atoms with Gasteiger partial charge in [0.15, 0.2) is 0 Å². The van der Waals surface area contributed by atoms with Crippen molar-refractivity contribution >= 4 is 22.8 Å². The van der Waals surface area contributed by atoms with Gasteiger partial charge in [0.2, 0.25) is 5.91 Å². The number of hydrogen-bond acceptors (Lipinski definition) is 5. The minimum atomic E-state index is -0.646. The summed E-state index contributed by atoms with van der Waals surface area (Å²) >= 11 is 0. The second kappa shape index (κ2) is 9.03. The second-order valence-electron chi connectivity index (χ2n) is 7.24. The van der Waals surface area contributed by atoms with Crippen LogP contribution >= 0.6 is 0 Å². The van der Waals surface area contributed by atoms with E-state index >= 15 is 0 Å². The number of rotatable bonds is 7. The highest BCUT2D eigenvalue weighted by Gasteiger charge is 2.18. The van der Waals surface area contributed by atoms with Gasteiger partial charge >= 0.3 is 0 Å². The van der Waals surface area contributed by atoms with E-state index in [1.54, 1.807) is 30.6 Å². The van der Waals surface area contributed by atoms with Crippen LogP contribution < -0.4 is 16.8 Å². The van der Waals surface area contributed by atoms with Gasteiger partial charge in [-0.25, -0.2) is 9.37 Å². The first-order valence-corrected chi connectivity index (χ1v) is 10.0. The number of amides is 1. The quantitative estimate of drug-likeness (QED) is 0.366. The Kier molecular flexibility index (Phi) is 6.01. The summed E-state index contributed by atoms with van der Waals surface area (Å²) in [7, 11) is 0. The van der Waals surface area contributed by atoms with Gasteiger partial charge in [0, 0.05) is 23.3 Å². The molecular weight excluding hydrogens is 395 g/mol. The van der Waals surface area contributed by atoms with Crippen molar-refractivity contribution in [2.24, 2.45) is 11.5 Å². The molecule has 0 aliphatic rings. The van der Waals surface area contributed by atoms with Gasteiger partial charge in [-0.05, 0) is 79.0 Å². The van der Waals surface area contributed by atoms with E-state index in [1.807, 2.05) is 18.2 Å². The first-order valence-electron chi connectivity index (χ1n) is 10.0. The molecule has 0 bridgehead atoms.